The maximum atomic E-state index is 6.85. The highest BCUT2D eigenvalue weighted by molar-refractivity contribution is 7.26. The zero-order valence-electron chi connectivity index (χ0n) is 40.3. The summed E-state index contributed by atoms with van der Waals surface area (Å²) in [5.41, 5.74) is 25.1. The molecule has 0 bridgehead atoms. The van der Waals surface area contributed by atoms with Crippen molar-refractivity contribution in [3.63, 3.8) is 0 Å². The molecular formula is C70H45NOS. The van der Waals surface area contributed by atoms with Gasteiger partial charge in [-0.1, -0.05) is 196 Å². The van der Waals surface area contributed by atoms with Crippen LogP contribution >= 0.6 is 11.3 Å². The van der Waals surface area contributed by atoms with Gasteiger partial charge in [0.1, 0.15) is 11.5 Å². The zero-order chi connectivity index (χ0) is 48.2. The molecule has 0 fully saturated rings. The monoisotopic (exact) mass is 947 g/mol. The van der Waals surface area contributed by atoms with Crippen LogP contribution in [0.5, 0.6) is 11.5 Å². The van der Waals surface area contributed by atoms with Gasteiger partial charge in [0.2, 0.25) is 0 Å². The average molecular weight is 948 g/mol. The van der Waals surface area contributed by atoms with Gasteiger partial charge in [0.05, 0.1) is 5.41 Å². The predicted molar refractivity (Wildman–Crippen MR) is 304 cm³/mol. The van der Waals surface area contributed by atoms with Crippen LogP contribution in [0, 0.1) is 0 Å². The lowest BCUT2D eigenvalue weighted by atomic mass is 9.66. The average Bonchev–Trinajstić information content (AvgIpc) is 3.99. The second kappa shape index (κ2) is 14.9. The van der Waals surface area contributed by atoms with Crippen LogP contribution < -0.4 is 9.64 Å². The third-order valence-corrected chi connectivity index (χ3v) is 17.9. The highest BCUT2D eigenvalue weighted by atomic mass is 32.1. The Morgan fingerprint density at radius 1 is 0.329 bits per heavy atom. The van der Waals surface area contributed by atoms with Crippen molar-refractivity contribution in [1.29, 1.82) is 0 Å². The summed E-state index contributed by atoms with van der Waals surface area (Å²) in [6, 6.07) is 88.7. The van der Waals surface area contributed by atoms with Crippen molar-refractivity contribution in [3.05, 3.63) is 270 Å². The second-order valence-electron chi connectivity index (χ2n) is 20.6. The maximum Gasteiger partial charge on any atom is 0.135 e. The van der Waals surface area contributed by atoms with E-state index in [0.717, 1.165) is 50.8 Å². The first-order valence-corrected chi connectivity index (χ1v) is 26.2. The van der Waals surface area contributed by atoms with Gasteiger partial charge < -0.3 is 9.64 Å². The van der Waals surface area contributed by atoms with Crippen molar-refractivity contribution in [2.24, 2.45) is 0 Å². The lowest BCUT2D eigenvalue weighted by Crippen LogP contribution is -2.29. The fraction of sp³-hybridized carbons (Fsp3) is 0.0571. The summed E-state index contributed by atoms with van der Waals surface area (Å²) in [6.07, 6.45) is 0. The molecule has 0 radical (unpaired) electrons. The third kappa shape index (κ3) is 5.47. The van der Waals surface area contributed by atoms with E-state index in [9.17, 15) is 0 Å². The normalized spacial score (nSPS) is 15.5. The molecule has 3 heteroatoms. The number of para-hydroxylation sites is 1. The van der Waals surface area contributed by atoms with E-state index in [4.69, 9.17) is 4.74 Å². The fourth-order valence-corrected chi connectivity index (χ4v) is 14.8. The Bertz CT molecular complexity index is 4360. The van der Waals surface area contributed by atoms with Crippen molar-refractivity contribution < 1.29 is 4.74 Å². The Hall–Kier alpha value is -8.76. The van der Waals surface area contributed by atoms with Crippen LogP contribution in [-0.2, 0) is 10.8 Å². The molecule has 73 heavy (non-hydrogen) atoms. The molecule has 0 amide bonds. The molecule has 342 valence electrons. The number of fused-ring (bicyclic) bond motifs is 24. The lowest BCUT2D eigenvalue weighted by Gasteiger charge is -2.36. The van der Waals surface area contributed by atoms with Crippen LogP contribution in [-0.4, -0.2) is 0 Å². The van der Waals surface area contributed by atoms with Gasteiger partial charge in [-0.2, -0.15) is 0 Å². The highest BCUT2D eigenvalue weighted by Gasteiger charge is 2.50. The van der Waals surface area contributed by atoms with E-state index in [1.807, 2.05) is 11.3 Å². The van der Waals surface area contributed by atoms with E-state index in [0.29, 0.717) is 0 Å². The minimum Gasteiger partial charge on any atom is -0.456 e. The molecular weight excluding hydrogens is 903 g/mol. The van der Waals surface area contributed by atoms with Crippen molar-refractivity contribution in [2.75, 3.05) is 4.90 Å². The number of hydrogen-bond acceptors (Lipinski definition) is 3. The second-order valence-corrected chi connectivity index (χ2v) is 21.7. The van der Waals surface area contributed by atoms with Gasteiger partial charge in [0.15, 0.2) is 0 Å². The molecule has 1 unspecified atom stereocenters. The Kier molecular flexibility index (Phi) is 8.35. The number of benzene rings is 11. The third-order valence-electron chi connectivity index (χ3n) is 16.7. The first-order valence-electron chi connectivity index (χ1n) is 25.4. The minimum atomic E-state index is -0.617. The predicted octanol–water partition coefficient (Wildman–Crippen LogP) is 19.3. The van der Waals surface area contributed by atoms with Crippen molar-refractivity contribution in [1.82, 2.24) is 0 Å². The van der Waals surface area contributed by atoms with E-state index < -0.39 is 5.41 Å². The van der Waals surface area contributed by atoms with Gasteiger partial charge in [0.25, 0.3) is 0 Å². The number of rotatable bonds is 3. The van der Waals surface area contributed by atoms with Gasteiger partial charge >= 0.3 is 0 Å². The SMILES string of the molecule is CC1(C)c2ccccc2-c2ccc(N(c3ccc4c(c3)-c3ccccc3-c3ccccc3O4)c3ccc4c(c3)-c3ccccc3-c3ccccc3C43c4ccccc4-c4c3ccc3c4sc4ccccc43)cc21. The molecule has 3 aliphatic carbocycles. The number of ether oxygens (including phenoxy) is 1. The summed E-state index contributed by atoms with van der Waals surface area (Å²) in [5, 5.41) is 2.64. The van der Waals surface area contributed by atoms with Gasteiger partial charge in [-0.15, -0.1) is 11.3 Å². The molecule has 1 aromatic heterocycles. The molecule has 2 nitrogen and oxygen atoms in total. The van der Waals surface area contributed by atoms with Gasteiger partial charge in [0, 0.05) is 59.3 Å². The van der Waals surface area contributed by atoms with Gasteiger partial charge in [-0.05, 0) is 138 Å². The largest absolute Gasteiger partial charge is 0.456 e. The van der Waals surface area contributed by atoms with Gasteiger partial charge in [-0.25, -0.2) is 0 Å². The van der Waals surface area contributed by atoms with Crippen LogP contribution in [0.4, 0.5) is 17.1 Å². The standard InChI is InChI=1S/C70H45NOS/c1-69(2)58-26-12-7-22-50(58)51-34-31-44(41-63(51)69)71(43-33-38-65-57(40-43)48-20-6-4-18-46(48)52-23-10-15-29-64(52)72-65)42-32-36-61-56(39-42)47-19-5-3-17-45(47)49-21-8-13-27-59(49)70(61)60-28-14-9-25-55(60)67-62(70)37-35-54-53-24-11-16-30-66(53)73-68(54)67/h3-41H,1-2H3. The summed E-state index contributed by atoms with van der Waals surface area (Å²) in [5.74, 6) is 1.70. The molecule has 11 aromatic carbocycles. The quantitative estimate of drug-likeness (QED) is 0.175. The number of hydrogen-bond donors (Lipinski definition) is 0. The highest BCUT2D eigenvalue weighted by Crippen LogP contribution is 2.64. The van der Waals surface area contributed by atoms with Crippen LogP contribution in [0.25, 0.3) is 86.9 Å². The van der Waals surface area contributed by atoms with E-state index in [2.05, 4.69) is 255 Å². The number of nitrogens with zero attached hydrogens (tertiary/aromatic N) is 1. The first-order chi connectivity index (χ1) is 36.0. The summed E-state index contributed by atoms with van der Waals surface area (Å²) >= 11 is 1.93. The summed E-state index contributed by atoms with van der Waals surface area (Å²) in [4.78, 5) is 2.49. The smallest absolute Gasteiger partial charge is 0.135 e. The van der Waals surface area contributed by atoms with Gasteiger partial charge in [-0.3, -0.25) is 0 Å². The topological polar surface area (TPSA) is 12.5 Å². The fourth-order valence-electron chi connectivity index (χ4n) is 13.6. The first kappa shape index (κ1) is 40.9. The molecule has 0 saturated heterocycles. The van der Waals surface area contributed by atoms with E-state index >= 15 is 0 Å². The Balaban J connectivity index is 0.983. The molecule has 1 spiro atoms. The summed E-state index contributed by atoms with van der Waals surface area (Å²) in [6.45, 7) is 4.75. The summed E-state index contributed by atoms with van der Waals surface area (Å²) in [7, 11) is 0. The Morgan fingerprint density at radius 3 is 1.58 bits per heavy atom. The molecule has 0 N–H and O–H groups in total. The Labute approximate surface area is 428 Å². The molecule has 0 saturated carbocycles. The van der Waals surface area contributed by atoms with Crippen LogP contribution in [0.3, 0.4) is 0 Å². The number of anilines is 3. The van der Waals surface area contributed by atoms with Crippen molar-refractivity contribution in [2.45, 2.75) is 24.7 Å². The summed E-state index contributed by atoms with van der Waals surface area (Å²) < 4.78 is 9.52. The van der Waals surface area contributed by atoms with E-state index in [-0.39, 0.29) is 5.41 Å². The zero-order valence-corrected chi connectivity index (χ0v) is 41.1. The molecule has 12 aromatic rings. The number of thiophene rings is 1. The lowest BCUT2D eigenvalue weighted by molar-refractivity contribution is 0.488. The van der Waals surface area contributed by atoms with E-state index in [1.165, 1.54) is 98.1 Å². The van der Waals surface area contributed by atoms with Crippen LogP contribution in [0.1, 0.15) is 47.2 Å². The van der Waals surface area contributed by atoms with E-state index in [1.54, 1.807) is 0 Å². The molecule has 1 aliphatic heterocycles. The van der Waals surface area contributed by atoms with Crippen molar-refractivity contribution >= 4 is 48.6 Å². The molecule has 1 atom stereocenters. The molecule has 2 heterocycles. The minimum absolute atomic E-state index is 0.187. The van der Waals surface area contributed by atoms with Crippen molar-refractivity contribution in [3.8, 4) is 78.3 Å². The Morgan fingerprint density at radius 2 is 0.808 bits per heavy atom. The molecule has 4 aliphatic rings. The van der Waals surface area contributed by atoms with Crippen LogP contribution in [0.15, 0.2) is 237 Å². The molecule has 16 rings (SSSR count). The van der Waals surface area contributed by atoms with Crippen LogP contribution in [0.2, 0.25) is 0 Å². The maximum absolute atomic E-state index is 6.85.